The molecule has 1 atom stereocenters. The van der Waals surface area contributed by atoms with Crippen LogP contribution in [0.1, 0.15) is 50.2 Å². The zero-order valence-corrected chi connectivity index (χ0v) is 17.1. The number of aryl methyl sites for hydroxylation is 2. The van der Waals surface area contributed by atoms with E-state index in [0.29, 0.717) is 17.7 Å². The van der Waals surface area contributed by atoms with Gasteiger partial charge in [-0.2, -0.15) is 0 Å². The fraction of sp³-hybridized carbons (Fsp3) is 0.476. The zero-order chi connectivity index (χ0) is 19.2. The lowest BCUT2D eigenvalue weighted by molar-refractivity contribution is -0.120. The number of carbonyl (C=O) groups is 1. The van der Waals surface area contributed by atoms with Gasteiger partial charge in [-0.1, -0.05) is 29.5 Å². The van der Waals surface area contributed by atoms with Crippen LogP contribution in [0.3, 0.4) is 0 Å². The molecule has 1 N–H and O–H groups in total. The molecule has 0 saturated carbocycles. The quantitative estimate of drug-likeness (QED) is 0.545. The maximum Gasteiger partial charge on any atom is 0.277 e. The number of nitrogens with zero attached hydrogens (tertiary/aromatic N) is 2. The van der Waals surface area contributed by atoms with Crippen LogP contribution in [-0.2, 0) is 4.79 Å². The zero-order valence-electron chi connectivity index (χ0n) is 16.2. The molecular weight excluding hydrogens is 358 g/mol. The summed E-state index contributed by atoms with van der Waals surface area (Å²) in [6, 6.07) is 6.05. The molecule has 2 aromatic rings. The Morgan fingerprint density at radius 2 is 2.11 bits per heavy atom. The van der Waals surface area contributed by atoms with Crippen LogP contribution < -0.4 is 5.32 Å². The second kappa shape index (κ2) is 9.22. The second-order valence-electron chi connectivity index (χ2n) is 7.08. The number of thioether (sulfide) groups is 1. The highest BCUT2D eigenvalue weighted by molar-refractivity contribution is 8.00. The van der Waals surface area contributed by atoms with Gasteiger partial charge < -0.3 is 9.73 Å². The Balaban J connectivity index is 1.50. The Labute approximate surface area is 165 Å². The van der Waals surface area contributed by atoms with Crippen molar-refractivity contribution in [1.29, 1.82) is 0 Å². The molecule has 1 aliphatic rings. The third kappa shape index (κ3) is 5.45. The number of aromatic nitrogens is 2. The second-order valence-corrected chi connectivity index (χ2v) is 8.37. The van der Waals surface area contributed by atoms with Crippen molar-refractivity contribution >= 4 is 17.7 Å². The maximum atomic E-state index is 12.3. The van der Waals surface area contributed by atoms with Gasteiger partial charge in [0.15, 0.2) is 0 Å². The molecule has 6 heteroatoms. The van der Waals surface area contributed by atoms with Gasteiger partial charge in [0.05, 0.1) is 5.25 Å². The predicted molar refractivity (Wildman–Crippen MR) is 109 cm³/mol. The molecule has 5 nitrogen and oxygen atoms in total. The summed E-state index contributed by atoms with van der Waals surface area (Å²) in [5, 5.41) is 11.3. The summed E-state index contributed by atoms with van der Waals surface area (Å²) >= 11 is 1.29. The van der Waals surface area contributed by atoms with Crippen LogP contribution in [0.5, 0.6) is 0 Å². The monoisotopic (exact) mass is 385 g/mol. The van der Waals surface area contributed by atoms with Crippen LogP contribution in [0, 0.1) is 13.8 Å². The Morgan fingerprint density at radius 3 is 2.85 bits per heavy atom. The molecule has 0 spiro atoms. The minimum absolute atomic E-state index is 0.00217. The van der Waals surface area contributed by atoms with E-state index >= 15 is 0 Å². The SMILES string of the molecule is Cc1ccc(-c2nnc(S[C@@H](C)C(=O)NCCC3=CCCCC3)o2)cc1C. The van der Waals surface area contributed by atoms with E-state index in [0.717, 1.165) is 12.0 Å². The molecule has 1 aromatic heterocycles. The number of benzene rings is 1. The summed E-state index contributed by atoms with van der Waals surface area (Å²) in [6.45, 7) is 6.67. The molecule has 1 heterocycles. The maximum absolute atomic E-state index is 12.3. The Kier molecular flexibility index (Phi) is 6.72. The van der Waals surface area contributed by atoms with Gasteiger partial charge in [0.1, 0.15) is 0 Å². The molecule has 0 bridgehead atoms. The van der Waals surface area contributed by atoms with Gasteiger partial charge in [0.25, 0.3) is 5.22 Å². The van der Waals surface area contributed by atoms with Gasteiger partial charge in [0.2, 0.25) is 11.8 Å². The van der Waals surface area contributed by atoms with Crippen molar-refractivity contribution in [3.8, 4) is 11.5 Å². The number of hydrogen-bond donors (Lipinski definition) is 1. The van der Waals surface area contributed by atoms with E-state index in [9.17, 15) is 4.79 Å². The van der Waals surface area contributed by atoms with E-state index in [-0.39, 0.29) is 11.2 Å². The highest BCUT2D eigenvalue weighted by Crippen LogP contribution is 2.27. The first-order chi connectivity index (χ1) is 13.0. The first kappa shape index (κ1) is 19.7. The third-order valence-electron chi connectivity index (χ3n) is 4.94. The largest absolute Gasteiger partial charge is 0.411 e. The van der Waals surface area contributed by atoms with Crippen molar-refractivity contribution in [2.75, 3.05) is 6.54 Å². The number of allylic oxidation sites excluding steroid dienone is 1. The molecule has 144 valence electrons. The summed E-state index contributed by atoms with van der Waals surface area (Å²) in [5.41, 5.74) is 4.77. The van der Waals surface area contributed by atoms with Crippen LogP contribution in [0.15, 0.2) is 39.5 Å². The summed E-state index contributed by atoms with van der Waals surface area (Å²) in [5.74, 6) is 0.486. The van der Waals surface area contributed by atoms with E-state index in [1.165, 1.54) is 54.1 Å². The predicted octanol–water partition coefficient (Wildman–Crippen LogP) is 4.84. The van der Waals surface area contributed by atoms with Gasteiger partial charge in [-0.15, -0.1) is 10.2 Å². The van der Waals surface area contributed by atoms with Crippen LogP contribution >= 0.6 is 11.8 Å². The fourth-order valence-corrected chi connectivity index (χ4v) is 3.78. The lowest BCUT2D eigenvalue weighted by Crippen LogP contribution is -2.31. The van der Waals surface area contributed by atoms with E-state index in [1.54, 1.807) is 0 Å². The van der Waals surface area contributed by atoms with Crippen molar-refractivity contribution in [1.82, 2.24) is 15.5 Å². The number of hydrogen-bond acceptors (Lipinski definition) is 5. The lowest BCUT2D eigenvalue weighted by Gasteiger charge is -2.14. The normalized spacial score (nSPS) is 15.3. The first-order valence-electron chi connectivity index (χ1n) is 9.56. The lowest BCUT2D eigenvalue weighted by atomic mass is 9.97. The van der Waals surface area contributed by atoms with Crippen molar-refractivity contribution in [3.63, 3.8) is 0 Å². The summed E-state index contributed by atoms with van der Waals surface area (Å²) in [7, 11) is 0. The minimum Gasteiger partial charge on any atom is -0.411 e. The van der Waals surface area contributed by atoms with Gasteiger partial charge in [-0.3, -0.25) is 4.79 Å². The van der Waals surface area contributed by atoms with Crippen molar-refractivity contribution in [2.45, 2.75) is 63.3 Å². The summed E-state index contributed by atoms with van der Waals surface area (Å²) < 4.78 is 5.74. The van der Waals surface area contributed by atoms with E-state index in [1.807, 2.05) is 25.1 Å². The average molecular weight is 386 g/mol. The highest BCUT2D eigenvalue weighted by Gasteiger charge is 2.18. The van der Waals surface area contributed by atoms with Crippen molar-refractivity contribution in [3.05, 3.63) is 41.0 Å². The standard InChI is InChI=1S/C21H27N3O2S/c1-14-9-10-18(13-15(14)2)20-23-24-21(26-20)27-16(3)19(25)22-12-11-17-7-5-4-6-8-17/h7,9-10,13,16H,4-6,8,11-12H2,1-3H3,(H,22,25)/t16-/m0/s1. The molecule has 0 saturated heterocycles. The first-order valence-corrected chi connectivity index (χ1v) is 10.4. The van der Waals surface area contributed by atoms with Crippen LogP contribution in [0.4, 0.5) is 0 Å². The molecule has 0 aliphatic heterocycles. The van der Waals surface area contributed by atoms with Crippen molar-refractivity contribution in [2.24, 2.45) is 0 Å². The fourth-order valence-electron chi connectivity index (χ4n) is 3.07. The van der Waals surface area contributed by atoms with E-state index in [4.69, 9.17) is 4.42 Å². The number of carbonyl (C=O) groups excluding carboxylic acids is 1. The summed E-state index contributed by atoms with van der Waals surface area (Å²) in [6.07, 6.45) is 8.17. The topological polar surface area (TPSA) is 68.0 Å². The number of amides is 1. The van der Waals surface area contributed by atoms with Crippen molar-refractivity contribution < 1.29 is 9.21 Å². The van der Waals surface area contributed by atoms with E-state index < -0.39 is 0 Å². The molecule has 3 rings (SSSR count). The van der Waals surface area contributed by atoms with E-state index in [2.05, 4.69) is 35.4 Å². The van der Waals surface area contributed by atoms with Crippen LogP contribution in [0.2, 0.25) is 0 Å². The molecule has 27 heavy (non-hydrogen) atoms. The Morgan fingerprint density at radius 1 is 1.26 bits per heavy atom. The average Bonchev–Trinajstić information content (AvgIpc) is 3.13. The molecule has 1 aromatic carbocycles. The minimum atomic E-state index is -0.279. The summed E-state index contributed by atoms with van der Waals surface area (Å²) in [4.78, 5) is 12.3. The molecule has 1 amide bonds. The smallest absolute Gasteiger partial charge is 0.277 e. The number of nitrogens with one attached hydrogen (secondary N) is 1. The molecular formula is C21H27N3O2S. The molecule has 1 aliphatic carbocycles. The van der Waals surface area contributed by atoms with Crippen LogP contribution in [-0.4, -0.2) is 27.9 Å². The van der Waals surface area contributed by atoms with Gasteiger partial charge >= 0.3 is 0 Å². The van der Waals surface area contributed by atoms with Gasteiger partial charge in [-0.05, 0) is 76.1 Å². The third-order valence-corrected chi connectivity index (χ3v) is 5.87. The Hall–Kier alpha value is -2.08. The molecule has 0 fully saturated rings. The highest BCUT2D eigenvalue weighted by atomic mass is 32.2. The van der Waals surface area contributed by atoms with Gasteiger partial charge in [0, 0.05) is 12.1 Å². The Bertz CT molecular complexity index is 829. The number of rotatable bonds is 7. The van der Waals surface area contributed by atoms with Gasteiger partial charge in [-0.25, -0.2) is 0 Å². The molecule has 0 radical (unpaired) electrons. The van der Waals surface area contributed by atoms with Crippen LogP contribution in [0.25, 0.3) is 11.5 Å². The molecule has 0 unspecified atom stereocenters.